The van der Waals surface area contributed by atoms with Gasteiger partial charge < -0.3 is 20.3 Å². The summed E-state index contributed by atoms with van der Waals surface area (Å²) in [6, 6.07) is 14.0. The van der Waals surface area contributed by atoms with Crippen molar-refractivity contribution in [1.82, 2.24) is 5.32 Å². The van der Waals surface area contributed by atoms with Crippen molar-refractivity contribution < 1.29 is 24.5 Å². The van der Waals surface area contributed by atoms with Crippen molar-refractivity contribution >= 4 is 23.2 Å². The van der Waals surface area contributed by atoms with Crippen molar-refractivity contribution in [2.24, 2.45) is 5.92 Å². The molecule has 1 aliphatic carbocycles. The third-order valence-corrected chi connectivity index (χ3v) is 8.14. The normalized spacial score (nSPS) is 17.6. The summed E-state index contributed by atoms with van der Waals surface area (Å²) >= 11 is 1.64. The van der Waals surface area contributed by atoms with Crippen LogP contribution >= 0.6 is 11.3 Å². The third-order valence-electron chi connectivity index (χ3n) is 7.08. The minimum absolute atomic E-state index is 0.0199. The molecule has 7 heteroatoms. The van der Waals surface area contributed by atoms with E-state index in [0.717, 1.165) is 43.1 Å². The van der Waals surface area contributed by atoms with Crippen LogP contribution in [-0.4, -0.2) is 35.2 Å². The van der Waals surface area contributed by atoms with Crippen molar-refractivity contribution in [3.8, 4) is 16.9 Å². The molecule has 1 amide bonds. The van der Waals surface area contributed by atoms with Crippen molar-refractivity contribution in [1.29, 1.82) is 0 Å². The van der Waals surface area contributed by atoms with E-state index in [-0.39, 0.29) is 24.5 Å². The SMILES string of the molecule is COc1cc(CO)cc(-c2ccc(Cc3c(C)sc(C)c3C(=O)NC3CCC(C(=O)O)CC3)cc2)c1. The molecule has 0 saturated heterocycles. The molecule has 0 radical (unpaired) electrons. The van der Waals surface area contributed by atoms with Gasteiger partial charge in [-0.1, -0.05) is 24.3 Å². The molecule has 1 aromatic heterocycles. The van der Waals surface area contributed by atoms with Gasteiger partial charge in [0.25, 0.3) is 5.91 Å². The fourth-order valence-corrected chi connectivity index (χ4v) is 6.11. The van der Waals surface area contributed by atoms with Crippen molar-refractivity contribution in [3.63, 3.8) is 0 Å². The number of aliphatic hydroxyl groups is 1. The summed E-state index contributed by atoms with van der Waals surface area (Å²) in [5.74, 6) is -0.390. The number of amides is 1. The smallest absolute Gasteiger partial charge is 0.306 e. The third kappa shape index (κ3) is 5.79. The topological polar surface area (TPSA) is 95.9 Å². The van der Waals surface area contributed by atoms with Gasteiger partial charge in [-0.25, -0.2) is 0 Å². The fourth-order valence-electron chi connectivity index (χ4n) is 5.04. The Hall–Kier alpha value is -3.16. The quantitative estimate of drug-likeness (QED) is 0.374. The zero-order valence-corrected chi connectivity index (χ0v) is 21.8. The second kappa shape index (κ2) is 11.3. The number of methoxy groups -OCH3 is 1. The van der Waals surface area contributed by atoms with E-state index in [9.17, 15) is 19.8 Å². The number of rotatable bonds is 8. The molecule has 6 nitrogen and oxygen atoms in total. The summed E-state index contributed by atoms with van der Waals surface area (Å²) in [5.41, 5.74) is 5.71. The zero-order chi connectivity index (χ0) is 25.8. The largest absolute Gasteiger partial charge is 0.497 e. The molecule has 0 atom stereocenters. The molecule has 3 aromatic rings. The Morgan fingerprint density at radius 2 is 1.67 bits per heavy atom. The van der Waals surface area contributed by atoms with Crippen LogP contribution in [-0.2, 0) is 17.8 Å². The number of thiophene rings is 1. The summed E-state index contributed by atoms with van der Waals surface area (Å²) in [5, 5.41) is 22.0. The Bertz CT molecular complexity index is 1220. The first-order chi connectivity index (χ1) is 17.3. The van der Waals surface area contributed by atoms with Crippen molar-refractivity contribution in [3.05, 3.63) is 74.5 Å². The predicted octanol–water partition coefficient (Wildman–Crippen LogP) is 5.50. The molecule has 2 aromatic carbocycles. The molecule has 36 heavy (non-hydrogen) atoms. The van der Waals surface area contributed by atoms with Gasteiger partial charge in [-0.2, -0.15) is 0 Å². The molecule has 3 N–H and O–H groups in total. The lowest BCUT2D eigenvalue weighted by Crippen LogP contribution is -2.39. The van der Waals surface area contributed by atoms with Crippen LogP contribution in [0.4, 0.5) is 0 Å². The standard InChI is InChI=1S/C29H33NO5S/c1-17-26(27(18(2)36-17)28(32)30-24-10-8-22(9-11-24)29(33)34)14-19-4-6-21(7-5-19)23-12-20(16-31)13-25(15-23)35-3/h4-7,12-13,15,22,24,31H,8-11,14,16H2,1-3H3,(H,30,32)(H,33,34). The highest BCUT2D eigenvalue weighted by molar-refractivity contribution is 7.12. The van der Waals surface area contributed by atoms with E-state index in [4.69, 9.17) is 4.74 Å². The number of carboxylic acid groups (broad SMARTS) is 1. The van der Waals surface area contributed by atoms with Gasteiger partial charge in [0.2, 0.25) is 0 Å². The average molecular weight is 508 g/mol. The maximum absolute atomic E-state index is 13.3. The van der Waals surface area contributed by atoms with Crippen LogP contribution < -0.4 is 10.1 Å². The fraction of sp³-hybridized carbons (Fsp3) is 0.379. The maximum atomic E-state index is 13.3. The minimum atomic E-state index is -0.738. The van der Waals surface area contributed by atoms with E-state index in [2.05, 4.69) is 36.5 Å². The molecule has 0 aliphatic heterocycles. The Balaban J connectivity index is 1.50. The summed E-state index contributed by atoms with van der Waals surface area (Å²) in [6.45, 7) is 4.00. The molecule has 1 saturated carbocycles. The van der Waals surface area contributed by atoms with Crippen LogP contribution in [0, 0.1) is 19.8 Å². The molecule has 1 heterocycles. The maximum Gasteiger partial charge on any atom is 0.306 e. The number of carbonyl (C=O) groups is 2. The van der Waals surface area contributed by atoms with E-state index in [1.807, 2.05) is 25.1 Å². The van der Waals surface area contributed by atoms with Gasteiger partial charge in [-0.05, 0) is 92.0 Å². The molecular weight excluding hydrogens is 474 g/mol. The zero-order valence-electron chi connectivity index (χ0n) is 21.0. The molecule has 0 bridgehead atoms. The second-order valence-electron chi connectivity index (χ2n) is 9.53. The summed E-state index contributed by atoms with van der Waals surface area (Å²) in [7, 11) is 1.61. The van der Waals surface area contributed by atoms with Crippen LogP contribution in [0.2, 0.25) is 0 Å². The number of carboxylic acids is 1. The Morgan fingerprint density at radius 1 is 0.972 bits per heavy atom. The number of aliphatic carboxylic acids is 1. The predicted molar refractivity (Wildman–Crippen MR) is 142 cm³/mol. The van der Waals surface area contributed by atoms with Gasteiger partial charge in [0.1, 0.15) is 5.75 Å². The summed E-state index contributed by atoms with van der Waals surface area (Å²) in [6.07, 6.45) is 3.27. The van der Waals surface area contributed by atoms with Gasteiger partial charge in [-0.15, -0.1) is 11.3 Å². The lowest BCUT2D eigenvalue weighted by molar-refractivity contribution is -0.142. The van der Waals surface area contributed by atoms with Gasteiger partial charge in [-0.3, -0.25) is 9.59 Å². The number of ether oxygens (including phenoxy) is 1. The first-order valence-electron chi connectivity index (χ1n) is 12.3. The molecule has 0 unspecified atom stereocenters. The van der Waals surface area contributed by atoms with E-state index in [1.165, 1.54) is 0 Å². The Labute approximate surface area is 215 Å². The Kier molecular flexibility index (Phi) is 8.11. The van der Waals surface area contributed by atoms with E-state index in [0.29, 0.717) is 37.9 Å². The highest BCUT2D eigenvalue weighted by atomic mass is 32.1. The van der Waals surface area contributed by atoms with Crippen LogP contribution in [0.15, 0.2) is 42.5 Å². The lowest BCUT2D eigenvalue weighted by atomic mass is 9.86. The monoisotopic (exact) mass is 507 g/mol. The molecular formula is C29H33NO5S. The lowest BCUT2D eigenvalue weighted by Gasteiger charge is -2.27. The van der Waals surface area contributed by atoms with Crippen LogP contribution in [0.25, 0.3) is 11.1 Å². The van der Waals surface area contributed by atoms with E-state index >= 15 is 0 Å². The molecule has 1 aliphatic rings. The van der Waals surface area contributed by atoms with Gasteiger partial charge in [0.15, 0.2) is 0 Å². The van der Waals surface area contributed by atoms with Crippen molar-refractivity contribution in [2.75, 3.05) is 7.11 Å². The molecule has 190 valence electrons. The van der Waals surface area contributed by atoms with Gasteiger partial charge in [0, 0.05) is 15.8 Å². The summed E-state index contributed by atoms with van der Waals surface area (Å²) in [4.78, 5) is 26.6. The number of hydrogen-bond donors (Lipinski definition) is 3. The highest BCUT2D eigenvalue weighted by Crippen LogP contribution is 2.32. The van der Waals surface area contributed by atoms with E-state index in [1.54, 1.807) is 18.4 Å². The van der Waals surface area contributed by atoms with Crippen LogP contribution in [0.5, 0.6) is 5.75 Å². The van der Waals surface area contributed by atoms with Crippen molar-refractivity contribution in [2.45, 2.75) is 58.6 Å². The Morgan fingerprint density at radius 3 is 2.28 bits per heavy atom. The van der Waals surface area contributed by atoms with Gasteiger partial charge >= 0.3 is 5.97 Å². The number of carbonyl (C=O) groups excluding carboxylic acids is 1. The van der Waals surface area contributed by atoms with Crippen LogP contribution in [0.1, 0.15) is 62.5 Å². The van der Waals surface area contributed by atoms with Gasteiger partial charge in [0.05, 0.1) is 25.2 Å². The minimum Gasteiger partial charge on any atom is -0.497 e. The number of hydrogen-bond acceptors (Lipinski definition) is 5. The van der Waals surface area contributed by atoms with E-state index < -0.39 is 5.97 Å². The second-order valence-corrected chi connectivity index (χ2v) is 11.0. The number of benzene rings is 2. The first kappa shape index (κ1) is 25.9. The molecule has 1 fully saturated rings. The molecule has 0 spiro atoms. The molecule has 4 rings (SSSR count). The summed E-state index contributed by atoms with van der Waals surface area (Å²) < 4.78 is 5.37. The number of nitrogens with one attached hydrogen (secondary N) is 1. The average Bonchev–Trinajstić information content (AvgIpc) is 3.16. The number of aliphatic hydroxyl groups excluding tert-OH is 1. The number of aryl methyl sites for hydroxylation is 2. The van der Waals surface area contributed by atoms with Crippen LogP contribution in [0.3, 0.4) is 0 Å². The highest BCUT2D eigenvalue weighted by Gasteiger charge is 2.28. The first-order valence-corrected chi connectivity index (χ1v) is 13.1.